The molecule has 1 N–H and O–H groups in total. The Hall–Kier alpha value is -2.13. The molecule has 3 atom stereocenters. The molecular weight excluding hydrogens is 344 g/mol. The van der Waals surface area contributed by atoms with E-state index in [0.717, 1.165) is 18.4 Å². The normalized spacial score (nSPS) is 23.3. The number of nitrogens with one attached hydrogen (secondary N) is 1. The van der Waals surface area contributed by atoms with E-state index >= 15 is 0 Å². The lowest BCUT2D eigenvalue weighted by Crippen LogP contribution is -2.27. The Morgan fingerprint density at radius 3 is 2.50 bits per heavy atom. The van der Waals surface area contributed by atoms with Crippen molar-refractivity contribution >= 4 is 5.91 Å². The van der Waals surface area contributed by atoms with Gasteiger partial charge in [-0.3, -0.25) is 4.79 Å². The van der Waals surface area contributed by atoms with Crippen LogP contribution in [-0.4, -0.2) is 24.9 Å². The highest BCUT2D eigenvalue weighted by Crippen LogP contribution is 2.49. The first-order valence-corrected chi connectivity index (χ1v) is 10.7. The lowest BCUT2D eigenvalue weighted by Gasteiger charge is -2.21. The molecule has 4 rings (SSSR count). The van der Waals surface area contributed by atoms with Gasteiger partial charge in [0.25, 0.3) is 0 Å². The lowest BCUT2D eigenvalue weighted by molar-refractivity contribution is -0.122. The molecule has 2 fully saturated rings. The molecule has 1 amide bonds. The summed E-state index contributed by atoms with van der Waals surface area (Å²) in [6.07, 6.45) is 6.08. The third-order valence-corrected chi connectivity index (χ3v) is 6.59. The van der Waals surface area contributed by atoms with E-state index < -0.39 is 0 Å². The van der Waals surface area contributed by atoms with Crippen LogP contribution in [0.4, 0.5) is 0 Å². The number of carbonyl (C=O) groups excluding carboxylic acids is 1. The van der Waals surface area contributed by atoms with Crippen LogP contribution in [0.2, 0.25) is 0 Å². The summed E-state index contributed by atoms with van der Waals surface area (Å²) >= 11 is 0. The van der Waals surface area contributed by atoms with Gasteiger partial charge in [0.2, 0.25) is 5.91 Å². The van der Waals surface area contributed by atoms with Gasteiger partial charge in [0.15, 0.2) is 0 Å². The molecule has 0 heterocycles. The van der Waals surface area contributed by atoms with Crippen LogP contribution in [0.15, 0.2) is 48.5 Å². The molecule has 2 bridgehead atoms. The minimum Gasteiger partial charge on any atom is -0.352 e. The third kappa shape index (κ3) is 4.47. The number of benzene rings is 2. The maximum Gasteiger partial charge on any atom is 0.220 e. The van der Waals surface area contributed by atoms with Crippen LogP contribution < -0.4 is 5.32 Å². The minimum atomic E-state index is 0.216. The summed E-state index contributed by atoms with van der Waals surface area (Å²) in [6.45, 7) is 1.55. The van der Waals surface area contributed by atoms with E-state index in [1.54, 1.807) is 0 Å². The number of rotatable bonds is 7. The standard InChI is InChI=1S/C25H32N2O/c1-27(2)17-18-7-10-20(11-8-18)24-6-4-3-5-22(24)16-26-25(28)15-23-14-19-9-12-21(23)13-19/h3-8,10-11,19,21,23H,9,12-17H2,1-2H3,(H,26,28)/t19-,21-,23-/m0/s1. The summed E-state index contributed by atoms with van der Waals surface area (Å²) < 4.78 is 0. The summed E-state index contributed by atoms with van der Waals surface area (Å²) in [7, 11) is 4.17. The van der Waals surface area contributed by atoms with Gasteiger partial charge in [-0.15, -0.1) is 0 Å². The monoisotopic (exact) mass is 376 g/mol. The van der Waals surface area contributed by atoms with Crippen molar-refractivity contribution in [1.29, 1.82) is 0 Å². The van der Waals surface area contributed by atoms with Crippen LogP contribution in [0.3, 0.4) is 0 Å². The molecular formula is C25H32N2O. The number of nitrogens with zero attached hydrogens (tertiary/aromatic N) is 1. The number of carbonyl (C=O) groups is 1. The minimum absolute atomic E-state index is 0.216. The van der Waals surface area contributed by atoms with E-state index in [9.17, 15) is 4.79 Å². The topological polar surface area (TPSA) is 32.3 Å². The van der Waals surface area contributed by atoms with Gasteiger partial charge < -0.3 is 10.2 Å². The van der Waals surface area contributed by atoms with Crippen LogP contribution in [0.1, 0.15) is 43.2 Å². The smallest absolute Gasteiger partial charge is 0.220 e. The van der Waals surface area contributed by atoms with Crippen molar-refractivity contribution < 1.29 is 4.79 Å². The largest absolute Gasteiger partial charge is 0.352 e. The fourth-order valence-electron chi connectivity index (χ4n) is 5.24. The van der Waals surface area contributed by atoms with Gasteiger partial charge in [-0.2, -0.15) is 0 Å². The van der Waals surface area contributed by atoms with Gasteiger partial charge in [-0.1, -0.05) is 55.0 Å². The highest BCUT2D eigenvalue weighted by Gasteiger charge is 2.40. The average molecular weight is 377 g/mol. The first kappa shape index (κ1) is 19.2. The van der Waals surface area contributed by atoms with Crippen LogP contribution in [0.5, 0.6) is 0 Å². The molecule has 2 aliphatic carbocycles. The average Bonchev–Trinajstić information content (AvgIpc) is 3.30. The summed E-state index contributed by atoms with van der Waals surface area (Å²) in [4.78, 5) is 14.7. The third-order valence-electron chi connectivity index (χ3n) is 6.59. The van der Waals surface area contributed by atoms with Crippen molar-refractivity contribution in [2.75, 3.05) is 14.1 Å². The molecule has 2 saturated carbocycles. The summed E-state index contributed by atoms with van der Waals surface area (Å²) in [5.74, 6) is 2.55. The van der Waals surface area contributed by atoms with Crippen LogP contribution >= 0.6 is 0 Å². The van der Waals surface area contributed by atoms with Gasteiger partial charge >= 0.3 is 0 Å². The Labute approximate surface area is 169 Å². The van der Waals surface area contributed by atoms with Crippen LogP contribution in [0.25, 0.3) is 11.1 Å². The molecule has 0 radical (unpaired) electrons. The van der Waals surface area contributed by atoms with Crippen molar-refractivity contribution in [1.82, 2.24) is 10.2 Å². The Kier molecular flexibility index (Phi) is 5.82. The van der Waals surface area contributed by atoms with Gasteiger partial charge in [0, 0.05) is 19.5 Å². The Bertz CT molecular complexity index is 812. The first-order chi connectivity index (χ1) is 13.6. The second-order valence-electron chi connectivity index (χ2n) is 9.01. The zero-order valence-corrected chi connectivity index (χ0v) is 17.2. The zero-order chi connectivity index (χ0) is 19.5. The number of hydrogen-bond acceptors (Lipinski definition) is 2. The zero-order valence-electron chi connectivity index (χ0n) is 17.2. The predicted molar refractivity (Wildman–Crippen MR) is 115 cm³/mol. The molecule has 0 aromatic heterocycles. The van der Waals surface area contributed by atoms with E-state index in [-0.39, 0.29) is 5.91 Å². The molecule has 0 spiro atoms. The Morgan fingerprint density at radius 2 is 1.82 bits per heavy atom. The first-order valence-electron chi connectivity index (χ1n) is 10.7. The quantitative estimate of drug-likeness (QED) is 0.749. The molecule has 28 heavy (non-hydrogen) atoms. The van der Waals surface area contributed by atoms with E-state index in [2.05, 4.69) is 72.8 Å². The highest BCUT2D eigenvalue weighted by molar-refractivity contribution is 5.77. The fourth-order valence-corrected chi connectivity index (χ4v) is 5.24. The molecule has 0 unspecified atom stereocenters. The molecule has 3 heteroatoms. The molecule has 2 aromatic rings. The second-order valence-corrected chi connectivity index (χ2v) is 9.01. The van der Waals surface area contributed by atoms with Crippen molar-refractivity contribution in [2.24, 2.45) is 17.8 Å². The maximum atomic E-state index is 12.5. The van der Waals surface area contributed by atoms with Gasteiger partial charge in [0.1, 0.15) is 0 Å². The lowest BCUT2D eigenvalue weighted by atomic mass is 9.86. The fraction of sp³-hybridized carbons (Fsp3) is 0.480. The summed E-state index contributed by atoms with van der Waals surface area (Å²) in [5, 5.41) is 3.19. The summed E-state index contributed by atoms with van der Waals surface area (Å²) in [6, 6.07) is 17.2. The number of amides is 1. The molecule has 148 valence electrons. The van der Waals surface area contributed by atoms with E-state index in [1.807, 2.05) is 0 Å². The van der Waals surface area contributed by atoms with Crippen molar-refractivity contribution in [3.8, 4) is 11.1 Å². The van der Waals surface area contributed by atoms with Crippen LogP contribution in [-0.2, 0) is 17.9 Å². The molecule has 3 nitrogen and oxygen atoms in total. The van der Waals surface area contributed by atoms with E-state index in [4.69, 9.17) is 0 Å². The molecule has 0 aliphatic heterocycles. The van der Waals surface area contributed by atoms with Crippen molar-refractivity contribution in [3.63, 3.8) is 0 Å². The summed E-state index contributed by atoms with van der Waals surface area (Å²) in [5.41, 5.74) is 4.91. The predicted octanol–water partition coefficient (Wildman–Crippen LogP) is 4.86. The highest BCUT2D eigenvalue weighted by atomic mass is 16.1. The number of fused-ring (bicyclic) bond motifs is 2. The Balaban J connectivity index is 1.38. The molecule has 0 saturated heterocycles. The van der Waals surface area contributed by atoms with Crippen molar-refractivity contribution in [2.45, 2.75) is 45.2 Å². The number of hydrogen-bond donors (Lipinski definition) is 1. The van der Waals surface area contributed by atoms with Crippen LogP contribution in [0, 0.1) is 17.8 Å². The second kappa shape index (κ2) is 8.48. The van der Waals surface area contributed by atoms with Crippen molar-refractivity contribution in [3.05, 3.63) is 59.7 Å². The Morgan fingerprint density at radius 1 is 1.04 bits per heavy atom. The SMILES string of the molecule is CN(C)Cc1ccc(-c2ccccc2CNC(=O)C[C@@H]2C[C@H]3CC[C@H]2C3)cc1. The van der Waals surface area contributed by atoms with Gasteiger partial charge in [0.05, 0.1) is 0 Å². The molecule has 2 aliphatic rings. The maximum absolute atomic E-state index is 12.5. The van der Waals surface area contributed by atoms with E-state index in [0.29, 0.717) is 18.9 Å². The van der Waals surface area contributed by atoms with Gasteiger partial charge in [-0.25, -0.2) is 0 Å². The van der Waals surface area contributed by atoms with Gasteiger partial charge in [-0.05, 0) is 73.4 Å². The molecule has 2 aromatic carbocycles. The van der Waals surface area contributed by atoms with E-state index in [1.165, 1.54) is 47.9 Å².